The van der Waals surface area contributed by atoms with Crippen molar-refractivity contribution < 1.29 is 42.1 Å². The lowest BCUT2D eigenvalue weighted by Gasteiger charge is -2.24. The zero-order chi connectivity index (χ0) is 37.2. The highest BCUT2D eigenvalue weighted by Gasteiger charge is 2.26. The summed E-state index contributed by atoms with van der Waals surface area (Å²) in [6, 6.07) is 0. The van der Waals surface area contributed by atoms with Crippen LogP contribution in [0.3, 0.4) is 0 Å². The predicted octanol–water partition coefficient (Wildman–Crippen LogP) is 10.8. The van der Waals surface area contributed by atoms with Crippen molar-refractivity contribution in [3.8, 4) is 0 Å². The van der Waals surface area contributed by atoms with E-state index < -0.39 is 32.5 Å². The van der Waals surface area contributed by atoms with E-state index in [0.717, 1.165) is 32.1 Å². The average molecular weight is 731 g/mol. The number of quaternary nitrogens is 1. The van der Waals surface area contributed by atoms with Gasteiger partial charge in [0.2, 0.25) is 0 Å². The van der Waals surface area contributed by atoms with E-state index in [-0.39, 0.29) is 19.6 Å². The molecule has 0 saturated heterocycles. The maximum atomic E-state index is 12.5. The standard InChI is InChI=1S/C40H76NO8P/c1-6-8-10-12-14-16-18-20-22-24-26-28-30-32-39(42)46-36-38(37-48-50(44,45)47-35-34-41(3,4)5)49-40(43)33-31-29-27-25-23-21-19-17-15-13-11-9-7-2/h27,29,31,33,38H,6-26,28,30,32,34-37H2,1-5H3/p+1/t38-/m1/s1. The second kappa shape index (κ2) is 33.3. The second-order valence-corrected chi connectivity index (χ2v) is 16.2. The smallest absolute Gasteiger partial charge is 0.462 e. The van der Waals surface area contributed by atoms with E-state index in [0.29, 0.717) is 11.0 Å². The zero-order valence-corrected chi connectivity index (χ0v) is 33.8. The highest BCUT2D eigenvalue weighted by molar-refractivity contribution is 7.47. The highest BCUT2D eigenvalue weighted by atomic mass is 31.2. The third-order valence-electron chi connectivity index (χ3n) is 8.59. The van der Waals surface area contributed by atoms with Crippen LogP contribution in [0.1, 0.15) is 168 Å². The van der Waals surface area contributed by atoms with Crippen molar-refractivity contribution in [2.45, 2.75) is 174 Å². The summed E-state index contributed by atoms with van der Waals surface area (Å²) in [5.74, 6) is -1.05. The molecule has 0 heterocycles. The largest absolute Gasteiger partial charge is 0.472 e. The Morgan fingerprint density at radius 2 is 1.14 bits per heavy atom. The fourth-order valence-corrected chi connectivity index (χ4v) is 6.13. The van der Waals surface area contributed by atoms with Crippen LogP contribution in [0.15, 0.2) is 24.3 Å². The Kier molecular flexibility index (Phi) is 32.3. The summed E-state index contributed by atoms with van der Waals surface area (Å²) in [6.07, 6.45) is 34.3. The van der Waals surface area contributed by atoms with Gasteiger partial charge in [-0.15, -0.1) is 0 Å². The fourth-order valence-electron chi connectivity index (χ4n) is 5.39. The molecule has 0 fully saturated rings. The van der Waals surface area contributed by atoms with Gasteiger partial charge in [-0.1, -0.05) is 160 Å². The SMILES string of the molecule is CCCCCCCCCCCC=CC=CC(=O)O[C@H](COC(=O)CCCCCCCCCCCCCCC)COP(=O)(O)OCC[N+](C)(C)C. The fraction of sp³-hybridized carbons (Fsp3) is 0.850. The Morgan fingerprint density at radius 1 is 0.660 bits per heavy atom. The molecule has 2 atom stereocenters. The van der Waals surface area contributed by atoms with Crippen LogP contribution in [0.2, 0.25) is 0 Å². The van der Waals surface area contributed by atoms with Crippen LogP contribution in [0.25, 0.3) is 0 Å². The van der Waals surface area contributed by atoms with Crippen molar-refractivity contribution in [2.24, 2.45) is 0 Å². The number of nitrogens with zero attached hydrogens (tertiary/aromatic N) is 1. The number of ether oxygens (including phenoxy) is 2. The minimum absolute atomic E-state index is 0.0178. The maximum Gasteiger partial charge on any atom is 0.472 e. The molecular weight excluding hydrogens is 653 g/mol. The number of allylic oxidation sites excluding steroid dienone is 3. The average Bonchev–Trinajstić information content (AvgIpc) is 3.06. The van der Waals surface area contributed by atoms with Gasteiger partial charge in [0.05, 0.1) is 27.7 Å². The normalized spacial score (nSPS) is 14.0. The molecule has 9 nitrogen and oxygen atoms in total. The second-order valence-electron chi connectivity index (χ2n) is 14.8. The van der Waals surface area contributed by atoms with Crippen LogP contribution in [-0.2, 0) is 32.7 Å². The lowest BCUT2D eigenvalue weighted by molar-refractivity contribution is -0.870. The van der Waals surface area contributed by atoms with Gasteiger partial charge in [0.15, 0.2) is 6.10 Å². The van der Waals surface area contributed by atoms with E-state index in [4.69, 9.17) is 18.5 Å². The summed E-state index contributed by atoms with van der Waals surface area (Å²) in [4.78, 5) is 35.1. The van der Waals surface area contributed by atoms with E-state index in [1.54, 1.807) is 6.08 Å². The van der Waals surface area contributed by atoms with Crippen LogP contribution >= 0.6 is 7.82 Å². The third-order valence-corrected chi connectivity index (χ3v) is 9.58. The first-order valence-corrected chi connectivity index (χ1v) is 21.6. The molecule has 10 heteroatoms. The van der Waals surface area contributed by atoms with Crippen LogP contribution in [0.4, 0.5) is 0 Å². The molecule has 0 spiro atoms. The van der Waals surface area contributed by atoms with E-state index >= 15 is 0 Å². The minimum atomic E-state index is -4.39. The lowest BCUT2D eigenvalue weighted by atomic mass is 10.0. The van der Waals surface area contributed by atoms with Gasteiger partial charge in [-0.3, -0.25) is 13.8 Å². The number of phosphoric ester groups is 1. The Morgan fingerprint density at radius 3 is 1.64 bits per heavy atom. The summed E-state index contributed by atoms with van der Waals surface area (Å²) in [5.41, 5.74) is 0. The van der Waals surface area contributed by atoms with Gasteiger partial charge < -0.3 is 18.9 Å². The Hall–Kier alpha value is -1.51. The van der Waals surface area contributed by atoms with Gasteiger partial charge in [0, 0.05) is 12.5 Å². The van der Waals surface area contributed by atoms with Crippen molar-refractivity contribution in [1.29, 1.82) is 0 Å². The summed E-state index contributed by atoms with van der Waals surface area (Å²) in [5, 5.41) is 0. The van der Waals surface area contributed by atoms with Crippen LogP contribution in [0.5, 0.6) is 0 Å². The first-order chi connectivity index (χ1) is 24.0. The van der Waals surface area contributed by atoms with Crippen LogP contribution in [0, 0.1) is 0 Å². The summed E-state index contributed by atoms with van der Waals surface area (Å²) < 4.78 is 34.0. The van der Waals surface area contributed by atoms with E-state index in [1.165, 1.54) is 122 Å². The summed E-state index contributed by atoms with van der Waals surface area (Å²) >= 11 is 0. The molecule has 0 aliphatic rings. The molecule has 0 aromatic carbocycles. The molecule has 0 rings (SSSR count). The third kappa shape index (κ3) is 36.3. The molecule has 0 aliphatic heterocycles. The van der Waals surface area contributed by atoms with Gasteiger partial charge in [0.1, 0.15) is 19.8 Å². The van der Waals surface area contributed by atoms with Crippen molar-refractivity contribution in [3.05, 3.63) is 24.3 Å². The Balaban J connectivity index is 4.51. The lowest BCUT2D eigenvalue weighted by Crippen LogP contribution is -2.37. The summed E-state index contributed by atoms with van der Waals surface area (Å²) in [6.45, 7) is 4.28. The molecular formula is C40H77NO8P+. The molecule has 0 aromatic heterocycles. The number of hydrogen-bond acceptors (Lipinski definition) is 7. The number of rotatable bonds is 36. The monoisotopic (exact) mass is 731 g/mol. The van der Waals surface area contributed by atoms with Crippen molar-refractivity contribution in [2.75, 3.05) is 47.5 Å². The topological polar surface area (TPSA) is 108 Å². The Labute approximate surface area is 307 Å². The van der Waals surface area contributed by atoms with E-state index in [9.17, 15) is 19.0 Å². The van der Waals surface area contributed by atoms with Gasteiger partial charge >= 0.3 is 19.8 Å². The number of unbranched alkanes of at least 4 members (excludes halogenated alkanes) is 21. The number of esters is 2. The number of phosphoric acid groups is 1. The van der Waals surface area contributed by atoms with Gasteiger partial charge in [-0.25, -0.2) is 9.36 Å². The maximum absolute atomic E-state index is 12.5. The number of carbonyl (C=O) groups is 2. The Bertz CT molecular complexity index is 918. The first kappa shape index (κ1) is 48.5. The summed E-state index contributed by atoms with van der Waals surface area (Å²) in [7, 11) is 1.43. The van der Waals surface area contributed by atoms with Crippen LogP contribution in [-0.4, -0.2) is 74.9 Å². The highest BCUT2D eigenvalue weighted by Crippen LogP contribution is 2.43. The molecule has 0 aromatic rings. The first-order valence-electron chi connectivity index (χ1n) is 20.1. The van der Waals surface area contributed by atoms with Crippen molar-refractivity contribution in [1.82, 2.24) is 0 Å². The molecule has 1 unspecified atom stereocenters. The van der Waals surface area contributed by atoms with Crippen molar-refractivity contribution in [3.63, 3.8) is 0 Å². The van der Waals surface area contributed by atoms with Crippen LogP contribution < -0.4 is 0 Å². The number of hydrogen-bond donors (Lipinski definition) is 1. The molecule has 294 valence electrons. The zero-order valence-electron chi connectivity index (χ0n) is 32.9. The predicted molar refractivity (Wildman–Crippen MR) is 206 cm³/mol. The number of likely N-dealkylation sites (N-methyl/N-ethyl adjacent to an activating group) is 1. The van der Waals surface area contributed by atoms with Gasteiger partial charge in [-0.05, 0) is 19.3 Å². The molecule has 1 N–H and O–H groups in total. The molecule has 0 aliphatic carbocycles. The molecule has 0 bridgehead atoms. The molecule has 0 amide bonds. The minimum Gasteiger partial charge on any atom is -0.462 e. The van der Waals surface area contributed by atoms with Gasteiger partial charge in [0.25, 0.3) is 0 Å². The molecule has 0 radical (unpaired) electrons. The quantitative estimate of drug-likeness (QED) is 0.0169. The number of carbonyl (C=O) groups excluding carboxylic acids is 2. The van der Waals surface area contributed by atoms with Gasteiger partial charge in [-0.2, -0.15) is 0 Å². The molecule has 0 saturated carbocycles. The van der Waals surface area contributed by atoms with Crippen molar-refractivity contribution >= 4 is 19.8 Å². The van der Waals surface area contributed by atoms with E-state index in [2.05, 4.69) is 13.8 Å². The van der Waals surface area contributed by atoms with E-state index in [1.807, 2.05) is 33.3 Å². The molecule has 50 heavy (non-hydrogen) atoms.